The van der Waals surface area contributed by atoms with Gasteiger partial charge >= 0.3 is 6.09 Å². The van der Waals surface area contributed by atoms with Crippen LogP contribution < -0.4 is 24.6 Å². The maximum absolute atomic E-state index is 12.2. The van der Waals surface area contributed by atoms with Crippen LogP contribution in [-0.2, 0) is 9.53 Å². The van der Waals surface area contributed by atoms with Crippen molar-refractivity contribution in [2.45, 2.75) is 31.9 Å². The first-order valence-electron chi connectivity index (χ1n) is 12.0. The number of cyclic esters (lactones) is 1. The molecule has 7 rings (SSSR count). The molecule has 1 aromatic carbocycles. The number of hydrogen-bond acceptors (Lipinski definition) is 8. The van der Waals surface area contributed by atoms with Gasteiger partial charge in [-0.2, -0.15) is 0 Å². The Morgan fingerprint density at radius 2 is 1.92 bits per heavy atom. The summed E-state index contributed by atoms with van der Waals surface area (Å²) in [6.07, 6.45) is 4.36. The molecule has 6 heterocycles. The van der Waals surface area contributed by atoms with Crippen molar-refractivity contribution in [1.29, 1.82) is 0 Å². The van der Waals surface area contributed by atoms with Crippen LogP contribution in [0.15, 0.2) is 42.7 Å². The summed E-state index contributed by atoms with van der Waals surface area (Å²) in [5, 5.41) is 3.29. The van der Waals surface area contributed by atoms with Gasteiger partial charge in [0.2, 0.25) is 11.8 Å². The third-order valence-electron chi connectivity index (χ3n) is 7.06. The molecular weight excluding hydrogens is 462 g/mol. The van der Waals surface area contributed by atoms with Crippen molar-refractivity contribution in [3.8, 4) is 22.8 Å². The van der Waals surface area contributed by atoms with Crippen LogP contribution in [0.25, 0.3) is 11.1 Å². The average Bonchev–Trinajstić information content (AvgIpc) is 3.49. The molecule has 0 spiro atoms. The van der Waals surface area contributed by atoms with Gasteiger partial charge in [0, 0.05) is 47.6 Å². The van der Waals surface area contributed by atoms with Gasteiger partial charge in [-0.3, -0.25) is 9.69 Å². The summed E-state index contributed by atoms with van der Waals surface area (Å²) in [5.74, 6) is 1.94. The molecule has 10 heteroatoms. The van der Waals surface area contributed by atoms with E-state index in [0.717, 1.165) is 41.1 Å². The number of pyridine rings is 2. The lowest BCUT2D eigenvalue weighted by molar-refractivity contribution is -0.117. The number of nitrogens with zero attached hydrogens (tertiary/aromatic N) is 4. The Hall–Kier alpha value is -4.34. The van der Waals surface area contributed by atoms with Crippen molar-refractivity contribution in [1.82, 2.24) is 9.97 Å². The van der Waals surface area contributed by atoms with E-state index in [2.05, 4.69) is 15.3 Å². The summed E-state index contributed by atoms with van der Waals surface area (Å²) in [4.78, 5) is 36.8. The molecule has 4 aliphatic rings. The van der Waals surface area contributed by atoms with E-state index in [1.54, 1.807) is 11.1 Å². The summed E-state index contributed by atoms with van der Waals surface area (Å²) in [6.45, 7) is 3.40. The van der Waals surface area contributed by atoms with Crippen LogP contribution in [0.4, 0.5) is 27.7 Å². The predicted octanol–water partition coefficient (Wildman–Crippen LogP) is 4.19. The minimum absolute atomic E-state index is 0.147. The number of ether oxygens (including phenoxy) is 3. The Labute approximate surface area is 206 Å². The molecule has 2 saturated heterocycles. The summed E-state index contributed by atoms with van der Waals surface area (Å²) in [5.41, 5.74) is 5.06. The minimum Gasteiger partial charge on any atom is -0.485 e. The zero-order valence-electron chi connectivity index (χ0n) is 19.6. The number of nitrogens with one attached hydrogen (secondary N) is 1. The Morgan fingerprint density at radius 3 is 2.78 bits per heavy atom. The van der Waals surface area contributed by atoms with Gasteiger partial charge in [0.05, 0.1) is 11.9 Å². The number of carbonyl (C=O) groups is 2. The molecule has 10 nitrogen and oxygen atoms in total. The van der Waals surface area contributed by atoms with Crippen LogP contribution in [0.2, 0.25) is 0 Å². The quantitative estimate of drug-likeness (QED) is 0.589. The molecular formula is C26H23N5O5. The van der Waals surface area contributed by atoms with Crippen molar-refractivity contribution in [2.24, 2.45) is 0 Å². The fourth-order valence-corrected chi connectivity index (χ4v) is 5.27. The minimum atomic E-state index is -0.391. The fourth-order valence-electron chi connectivity index (χ4n) is 5.27. The number of benzene rings is 1. The fraction of sp³-hybridized carbons (Fsp3) is 0.308. The highest BCUT2D eigenvalue weighted by Crippen LogP contribution is 2.45. The topological polar surface area (TPSA) is 106 Å². The number of rotatable bonds is 3. The zero-order valence-corrected chi connectivity index (χ0v) is 19.6. The Balaban J connectivity index is 1.18. The van der Waals surface area contributed by atoms with Crippen molar-refractivity contribution in [2.75, 3.05) is 34.9 Å². The molecule has 4 aliphatic heterocycles. The molecule has 2 atom stereocenters. The molecule has 0 saturated carbocycles. The van der Waals surface area contributed by atoms with Gasteiger partial charge in [-0.25, -0.2) is 14.8 Å². The molecule has 0 radical (unpaired) electrons. The predicted molar refractivity (Wildman–Crippen MR) is 131 cm³/mol. The Morgan fingerprint density at radius 1 is 1.03 bits per heavy atom. The van der Waals surface area contributed by atoms with Crippen LogP contribution in [0.1, 0.15) is 31.4 Å². The van der Waals surface area contributed by atoms with Gasteiger partial charge < -0.3 is 24.4 Å². The Kier molecular flexibility index (Phi) is 4.57. The lowest BCUT2D eigenvalue weighted by Crippen LogP contribution is -2.41. The van der Waals surface area contributed by atoms with Crippen LogP contribution in [0.3, 0.4) is 0 Å². The van der Waals surface area contributed by atoms with Gasteiger partial charge in [0.1, 0.15) is 42.6 Å². The second kappa shape index (κ2) is 7.84. The SMILES string of the molecule is CC1Oc2cc(N3CCCC3=O)ccc2-c2cnc(Nc3cnc4c(c3)N3C(=O)OCC3CO4)cc21. The molecule has 2 aromatic heterocycles. The molecule has 2 fully saturated rings. The lowest BCUT2D eigenvalue weighted by Gasteiger charge is -2.29. The second-order valence-corrected chi connectivity index (χ2v) is 9.33. The van der Waals surface area contributed by atoms with E-state index in [1.165, 1.54) is 0 Å². The number of anilines is 4. The van der Waals surface area contributed by atoms with E-state index in [-0.39, 0.29) is 18.1 Å². The normalized spacial score (nSPS) is 21.6. The molecule has 36 heavy (non-hydrogen) atoms. The zero-order chi connectivity index (χ0) is 24.4. The number of amides is 2. The smallest absolute Gasteiger partial charge is 0.415 e. The van der Waals surface area contributed by atoms with Gasteiger partial charge in [-0.15, -0.1) is 0 Å². The number of aromatic nitrogens is 2. The van der Waals surface area contributed by atoms with Crippen LogP contribution in [-0.4, -0.2) is 47.8 Å². The summed E-state index contributed by atoms with van der Waals surface area (Å²) >= 11 is 0. The highest BCUT2D eigenvalue weighted by atomic mass is 16.6. The Bertz CT molecular complexity index is 1430. The first-order valence-corrected chi connectivity index (χ1v) is 12.0. The average molecular weight is 486 g/mol. The summed E-state index contributed by atoms with van der Waals surface area (Å²) in [6, 6.07) is 9.54. The maximum Gasteiger partial charge on any atom is 0.415 e. The standard InChI is InChI=1S/C26H23N5O5/c1-14-19-9-23(29-15-7-21-25(28-10-15)34-12-17-13-35-26(33)31(17)21)27-11-20(19)18-5-4-16(8-22(18)36-14)30-6-2-3-24(30)32/h4-5,7-11,14,17H,2-3,6,12-13H2,1H3,(H,27,29). The first-order chi connectivity index (χ1) is 17.5. The van der Waals surface area contributed by atoms with Crippen molar-refractivity contribution >= 4 is 34.9 Å². The van der Waals surface area contributed by atoms with Gasteiger partial charge in [0.15, 0.2) is 0 Å². The molecule has 3 aromatic rings. The molecule has 2 amide bonds. The second-order valence-electron chi connectivity index (χ2n) is 9.33. The van der Waals surface area contributed by atoms with E-state index >= 15 is 0 Å². The number of fused-ring (bicyclic) bond motifs is 6. The van der Waals surface area contributed by atoms with Gasteiger partial charge in [-0.05, 0) is 37.6 Å². The first kappa shape index (κ1) is 21.0. The summed E-state index contributed by atoms with van der Waals surface area (Å²) in [7, 11) is 0. The van der Waals surface area contributed by atoms with E-state index in [9.17, 15) is 9.59 Å². The van der Waals surface area contributed by atoms with E-state index in [4.69, 9.17) is 14.2 Å². The van der Waals surface area contributed by atoms with Crippen LogP contribution in [0.5, 0.6) is 11.6 Å². The van der Waals surface area contributed by atoms with Gasteiger partial charge in [-0.1, -0.05) is 0 Å². The number of hydrogen-bond donors (Lipinski definition) is 1. The van der Waals surface area contributed by atoms with Crippen LogP contribution >= 0.6 is 0 Å². The van der Waals surface area contributed by atoms with Crippen molar-refractivity contribution < 1.29 is 23.8 Å². The maximum atomic E-state index is 12.2. The highest BCUT2D eigenvalue weighted by Gasteiger charge is 2.40. The van der Waals surface area contributed by atoms with Crippen molar-refractivity contribution in [3.63, 3.8) is 0 Å². The monoisotopic (exact) mass is 485 g/mol. The third-order valence-corrected chi connectivity index (χ3v) is 7.06. The molecule has 2 unspecified atom stereocenters. The molecule has 0 aliphatic carbocycles. The summed E-state index contributed by atoms with van der Waals surface area (Å²) < 4.78 is 17.1. The van der Waals surface area contributed by atoms with Crippen LogP contribution in [0, 0.1) is 0 Å². The largest absolute Gasteiger partial charge is 0.485 e. The van der Waals surface area contributed by atoms with Crippen molar-refractivity contribution in [3.05, 3.63) is 48.3 Å². The molecule has 182 valence electrons. The highest BCUT2D eigenvalue weighted by molar-refractivity contribution is 5.96. The third kappa shape index (κ3) is 3.24. The van der Waals surface area contributed by atoms with Gasteiger partial charge in [0.25, 0.3) is 0 Å². The van der Waals surface area contributed by atoms with E-state index in [1.807, 2.05) is 48.4 Å². The lowest BCUT2D eigenvalue weighted by atomic mass is 9.94. The molecule has 1 N–H and O–H groups in total. The number of carbonyl (C=O) groups excluding carboxylic acids is 2. The molecule has 0 bridgehead atoms. The van der Waals surface area contributed by atoms with E-state index < -0.39 is 6.09 Å². The van der Waals surface area contributed by atoms with E-state index in [0.29, 0.717) is 42.7 Å².